The van der Waals surface area contributed by atoms with Crippen LogP contribution in [0.2, 0.25) is 0 Å². The van der Waals surface area contributed by atoms with Gasteiger partial charge in [-0.1, -0.05) is 60.7 Å². The molecule has 0 bridgehead atoms. The lowest BCUT2D eigenvalue weighted by atomic mass is 9.88. The van der Waals surface area contributed by atoms with E-state index in [1.165, 1.54) is 0 Å². The molecule has 1 unspecified atom stereocenters. The van der Waals surface area contributed by atoms with E-state index in [2.05, 4.69) is 0 Å². The van der Waals surface area contributed by atoms with E-state index in [0.29, 0.717) is 16.9 Å². The Morgan fingerprint density at radius 1 is 0.684 bits per heavy atom. The number of carbonyl (C=O) groups is 4. The van der Waals surface area contributed by atoms with E-state index in [4.69, 9.17) is 37.6 Å². The Bertz CT molecular complexity index is 2380. The fourth-order valence-electron chi connectivity index (χ4n) is 7.09. The summed E-state index contributed by atoms with van der Waals surface area (Å²) < 4.78 is 48.0. The smallest absolute Gasteiger partial charge is 0.305 e. The number of hydrogen-bond acceptors (Lipinski definition) is 15. The molecule has 0 amide bonds. The number of rotatable bonds is 9. The summed E-state index contributed by atoms with van der Waals surface area (Å²) in [6, 6.07) is 25.3. The topological polar surface area (TPSA) is 204 Å². The molecule has 1 aromatic heterocycles. The van der Waals surface area contributed by atoms with Gasteiger partial charge in [0, 0.05) is 56.5 Å². The predicted octanol–water partition coefficient (Wildman–Crippen LogP) is 5.34. The molecule has 0 radical (unpaired) electrons. The van der Waals surface area contributed by atoms with E-state index in [0.717, 1.165) is 39.8 Å². The zero-order valence-corrected chi connectivity index (χ0v) is 31.0. The minimum atomic E-state index is -1.70. The van der Waals surface area contributed by atoms with Gasteiger partial charge in [-0.2, -0.15) is 0 Å². The van der Waals surface area contributed by atoms with E-state index in [9.17, 15) is 34.2 Å². The second-order valence-corrected chi connectivity index (χ2v) is 13.3. The van der Waals surface area contributed by atoms with Gasteiger partial charge in [-0.15, -0.1) is 0 Å². The molecule has 1 saturated heterocycles. The van der Waals surface area contributed by atoms with Crippen LogP contribution in [0.4, 0.5) is 0 Å². The second-order valence-electron chi connectivity index (χ2n) is 13.3. The highest BCUT2D eigenvalue weighted by molar-refractivity contribution is 5.87. The van der Waals surface area contributed by atoms with Crippen molar-refractivity contribution in [3.05, 3.63) is 118 Å². The second kappa shape index (κ2) is 15.3. The van der Waals surface area contributed by atoms with Gasteiger partial charge in [-0.05, 0) is 18.2 Å². The van der Waals surface area contributed by atoms with E-state index in [-0.39, 0.29) is 33.6 Å². The van der Waals surface area contributed by atoms with Crippen LogP contribution in [0.15, 0.2) is 100 Å². The molecular formula is C42H36O15. The van der Waals surface area contributed by atoms with Crippen LogP contribution >= 0.6 is 0 Å². The van der Waals surface area contributed by atoms with Crippen LogP contribution in [0.3, 0.4) is 0 Å². The quantitative estimate of drug-likeness (QED) is 0.143. The van der Waals surface area contributed by atoms with Crippen LogP contribution in [0.25, 0.3) is 22.3 Å². The number of benzene rings is 4. The van der Waals surface area contributed by atoms with Gasteiger partial charge < -0.3 is 47.8 Å². The molecule has 15 nitrogen and oxygen atoms in total. The first-order chi connectivity index (χ1) is 27.2. The standard InChI is InChI=1S/C42H36O15/c1-21(43)50-20-33-38(51-22(2)44)40(52-23(3)45)41(53-24(4)46)39(55-33)35-36(49)34-29(48)18-28(47)19-32(34)54-37(35)25-15-16-30-31(17-25)57-42(56-30,26-11-7-5-8-12-26)27-13-9-6-10-14-27/h5-19,33,38-41,47-48H,20H2,1-4H3/t33-,38-,39?,40+,41+/m1/s1. The van der Waals surface area contributed by atoms with E-state index in [1.807, 2.05) is 60.7 Å². The summed E-state index contributed by atoms with van der Waals surface area (Å²) in [5.41, 5.74) is 0.0644. The normalized spacial score (nSPS) is 20.7. The Kier molecular flexibility index (Phi) is 10.3. The molecule has 0 spiro atoms. The maximum absolute atomic E-state index is 14.8. The van der Waals surface area contributed by atoms with Crippen LogP contribution < -0.4 is 14.9 Å². The first-order valence-corrected chi connectivity index (χ1v) is 17.7. The number of esters is 4. The average Bonchev–Trinajstić information content (AvgIpc) is 3.56. The lowest BCUT2D eigenvalue weighted by molar-refractivity contribution is -0.254. The highest BCUT2D eigenvalue weighted by Crippen LogP contribution is 2.50. The molecule has 2 aliphatic rings. The van der Waals surface area contributed by atoms with E-state index in [1.54, 1.807) is 18.2 Å². The Morgan fingerprint density at radius 3 is 1.86 bits per heavy atom. The molecule has 2 aliphatic heterocycles. The zero-order valence-electron chi connectivity index (χ0n) is 31.0. The molecule has 7 rings (SSSR count). The summed E-state index contributed by atoms with van der Waals surface area (Å²) in [6.45, 7) is 3.78. The monoisotopic (exact) mass is 780 g/mol. The van der Waals surface area contributed by atoms with Gasteiger partial charge >= 0.3 is 29.7 Å². The molecule has 0 aliphatic carbocycles. The summed E-state index contributed by atoms with van der Waals surface area (Å²) in [7, 11) is 0. The number of aromatic hydroxyl groups is 2. The highest BCUT2D eigenvalue weighted by Gasteiger charge is 2.54. The van der Waals surface area contributed by atoms with E-state index < -0.39 is 83.7 Å². The Labute approximate surface area is 324 Å². The van der Waals surface area contributed by atoms with Gasteiger partial charge in [0.25, 0.3) is 0 Å². The fourth-order valence-corrected chi connectivity index (χ4v) is 7.09. The van der Waals surface area contributed by atoms with Crippen molar-refractivity contribution in [1.82, 2.24) is 0 Å². The van der Waals surface area contributed by atoms with Gasteiger partial charge in [0.05, 0.1) is 5.56 Å². The van der Waals surface area contributed by atoms with Crippen molar-refractivity contribution in [2.45, 2.75) is 64.0 Å². The highest BCUT2D eigenvalue weighted by atomic mass is 16.7. The molecule has 4 aromatic carbocycles. The van der Waals surface area contributed by atoms with Gasteiger partial charge in [0.15, 0.2) is 29.8 Å². The molecule has 15 heteroatoms. The van der Waals surface area contributed by atoms with Crippen molar-refractivity contribution < 1.29 is 67.0 Å². The van der Waals surface area contributed by atoms with Crippen LogP contribution in [0, 0.1) is 0 Å². The maximum Gasteiger partial charge on any atom is 0.305 e. The Morgan fingerprint density at radius 2 is 1.26 bits per heavy atom. The van der Waals surface area contributed by atoms with Crippen molar-refractivity contribution in [3.63, 3.8) is 0 Å². The Hall–Kier alpha value is -6.87. The van der Waals surface area contributed by atoms with E-state index >= 15 is 0 Å². The lowest BCUT2D eigenvalue weighted by Crippen LogP contribution is -2.60. The summed E-state index contributed by atoms with van der Waals surface area (Å²) in [6.07, 6.45) is -7.94. The summed E-state index contributed by atoms with van der Waals surface area (Å²) in [5, 5.41) is 21.0. The number of hydrogen-bond donors (Lipinski definition) is 2. The molecule has 294 valence electrons. The number of fused-ring (bicyclic) bond motifs is 2. The average molecular weight is 781 g/mol. The molecule has 1 fully saturated rings. The third-order valence-corrected chi connectivity index (χ3v) is 9.29. The van der Waals surface area contributed by atoms with Crippen LogP contribution in [-0.2, 0) is 48.6 Å². The molecule has 5 aromatic rings. The van der Waals surface area contributed by atoms with Gasteiger partial charge in [0.1, 0.15) is 47.0 Å². The van der Waals surface area contributed by atoms with Gasteiger partial charge in [0.2, 0.25) is 5.43 Å². The predicted molar refractivity (Wildman–Crippen MR) is 197 cm³/mol. The van der Waals surface area contributed by atoms with Gasteiger partial charge in [-0.3, -0.25) is 24.0 Å². The lowest BCUT2D eigenvalue weighted by Gasteiger charge is -2.44. The molecule has 5 atom stereocenters. The minimum absolute atomic E-state index is 0.193. The third kappa shape index (κ3) is 7.44. The fraction of sp³-hybridized carbons (Fsp3) is 0.262. The SMILES string of the molecule is CC(=O)OC[C@H]1OC(c2c(-c3ccc4c(c3)OC(c3ccccc3)(c3ccccc3)O4)oc3cc(O)cc(O)c3c2=O)[C@H](OC(C)=O)[C@@H](OC(C)=O)[C@@H]1OC(C)=O. The minimum Gasteiger partial charge on any atom is -0.508 e. The first kappa shape index (κ1) is 38.4. The maximum atomic E-state index is 14.8. The van der Waals surface area contributed by atoms with Crippen molar-refractivity contribution in [3.8, 4) is 34.3 Å². The number of ether oxygens (including phenoxy) is 7. The zero-order chi connectivity index (χ0) is 40.6. The summed E-state index contributed by atoms with van der Waals surface area (Å²) in [5.74, 6) is -5.49. The molecule has 57 heavy (non-hydrogen) atoms. The van der Waals surface area contributed by atoms with Crippen LogP contribution in [-0.4, -0.2) is 65.1 Å². The summed E-state index contributed by atoms with van der Waals surface area (Å²) >= 11 is 0. The van der Waals surface area contributed by atoms with Crippen molar-refractivity contribution in [2.24, 2.45) is 0 Å². The number of carbonyl (C=O) groups excluding carboxylic acids is 4. The third-order valence-electron chi connectivity index (χ3n) is 9.29. The van der Waals surface area contributed by atoms with Crippen molar-refractivity contribution in [2.75, 3.05) is 6.61 Å². The molecule has 2 N–H and O–H groups in total. The van der Waals surface area contributed by atoms with Crippen LogP contribution in [0.1, 0.15) is 50.5 Å². The molecule has 0 saturated carbocycles. The van der Waals surface area contributed by atoms with Crippen molar-refractivity contribution in [1.29, 1.82) is 0 Å². The van der Waals surface area contributed by atoms with Crippen molar-refractivity contribution >= 4 is 34.8 Å². The number of phenols is 2. The van der Waals surface area contributed by atoms with Gasteiger partial charge in [-0.25, -0.2) is 0 Å². The Balaban J connectivity index is 1.45. The largest absolute Gasteiger partial charge is 0.508 e. The summed E-state index contributed by atoms with van der Waals surface area (Å²) in [4.78, 5) is 64.4. The number of phenolic OH excluding ortho intramolecular Hbond substituents is 2. The molecule has 3 heterocycles. The molecular weight excluding hydrogens is 744 g/mol. The van der Waals surface area contributed by atoms with Crippen LogP contribution in [0.5, 0.6) is 23.0 Å². The first-order valence-electron chi connectivity index (χ1n) is 17.7.